The lowest BCUT2D eigenvalue weighted by Crippen LogP contribution is -2.46. The molecule has 3 amide bonds. The summed E-state index contributed by atoms with van der Waals surface area (Å²) in [6, 6.07) is 15.8. The first-order valence-electron chi connectivity index (χ1n) is 9.24. The Morgan fingerprint density at radius 1 is 0.923 bits per heavy atom. The van der Waals surface area contributed by atoms with E-state index in [0.29, 0.717) is 18.7 Å². The molecular formula is C21H23N3O2. The van der Waals surface area contributed by atoms with E-state index in [1.165, 1.54) is 11.1 Å². The fourth-order valence-electron chi connectivity index (χ4n) is 3.74. The molecule has 2 heterocycles. The summed E-state index contributed by atoms with van der Waals surface area (Å²) >= 11 is 0. The average molecular weight is 349 g/mol. The number of fused-ring (bicyclic) bond motifs is 1. The van der Waals surface area contributed by atoms with Crippen LogP contribution in [0.4, 0.5) is 10.5 Å². The van der Waals surface area contributed by atoms with Crippen LogP contribution in [-0.2, 0) is 12.8 Å². The maximum Gasteiger partial charge on any atom is 0.321 e. The number of hydrogen-bond acceptors (Lipinski definition) is 2. The van der Waals surface area contributed by atoms with Gasteiger partial charge in [0.15, 0.2) is 0 Å². The van der Waals surface area contributed by atoms with Crippen LogP contribution in [0.1, 0.15) is 27.9 Å². The van der Waals surface area contributed by atoms with Crippen LogP contribution in [0, 0.1) is 0 Å². The Balaban J connectivity index is 1.52. The molecule has 0 atom stereocenters. The standard InChI is InChI=1S/C21H23N3O2/c25-20(23-13-9-16-5-1-2-6-17(16)10-14-23)18-7-3-8-19(15-18)24-12-4-11-22-21(24)26/h1-3,5-8,15H,4,9-14H2,(H,22,26). The van der Waals surface area contributed by atoms with Gasteiger partial charge >= 0.3 is 6.03 Å². The maximum absolute atomic E-state index is 13.0. The number of carbonyl (C=O) groups excluding carboxylic acids is 2. The van der Waals surface area contributed by atoms with Crippen LogP contribution in [0.5, 0.6) is 0 Å². The molecule has 2 aromatic carbocycles. The summed E-state index contributed by atoms with van der Waals surface area (Å²) in [6.45, 7) is 2.85. The predicted octanol–water partition coefficient (Wildman–Crippen LogP) is 2.85. The summed E-state index contributed by atoms with van der Waals surface area (Å²) < 4.78 is 0. The molecule has 0 aromatic heterocycles. The van der Waals surface area contributed by atoms with Crippen LogP contribution in [0.25, 0.3) is 0 Å². The van der Waals surface area contributed by atoms with Gasteiger partial charge in [-0.25, -0.2) is 4.79 Å². The lowest BCUT2D eigenvalue weighted by molar-refractivity contribution is 0.0763. The molecule has 4 rings (SSSR count). The Morgan fingerprint density at radius 3 is 2.35 bits per heavy atom. The van der Waals surface area contributed by atoms with Crippen molar-refractivity contribution in [1.29, 1.82) is 0 Å². The largest absolute Gasteiger partial charge is 0.338 e. The van der Waals surface area contributed by atoms with Crippen molar-refractivity contribution >= 4 is 17.6 Å². The van der Waals surface area contributed by atoms with E-state index in [2.05, 4.69) is 29.6 Å². The molecule has 0 spiro atoms. The van der Waals surface area contributed by atoms with Gasteiger partial charge in [-0.15, -0.1) is 0 Å². The molecule has 0 radical (unpaired) electrons. The summed E-state index contributed by atoms with van der Waals surface area (Å²) in [5, 5.41) is 2.85. The molecule has 2 aliphatic rings. The SMILES string of the molecule is O=C(c1cccc(N2CCCNC2=O)c1)N1CCc2ccccc2CC1. The number of hydrogen-bond donors (Lipinski definition) is 1. The molecule has 1 N–H and O–H groups in total. The van der Waals surface area contributed by atoms with Gasteiger partial charge < -0.3 is 10.2 Å². The highest BCUT2D eigenvalue weighted by Gasteiger charge is 2.23. The van der Waals surface area contributed by atoms with Crippen molar-refractivity contribution in [3.63, 3.8) is 0 Å². The van der Waals surface area contributed by atoms with E-state index in [9.17, 15) is 9.59 Å². The van der Waals surface area contributed by atoms with Crippen molar-refractivity contribution in [2.45, 2.75) is 19.3 Å². The zero-order valence-corrected chi connectivity index (χ0v) is 14.8. The highest BCUT2D eigenvalue weighted by Crippen LogP contribution is 2.21. The van der Waals surface area contributed by atoms with Crippen LogP contribution in [0.15, 0.2) is 48.5 Å². The van der Waals surface area contributed by atoms with Crippen molar-refractivity contribution in [2.24, 2.45) is 0 Å². The van der Waals surface area contributed by atoms with Crippen molar-refractivity contribution < 1.29 is 9.59 Å². The minimum absolute atomic E-state index is 0.0390. The first-order valence-corrected chi connectivity index (χ1v) is 9.24. The van der Waals surface area contributed by atoms with E-state index >= 15 is 0 Å². The maximum atomic E-state index is 13.0. The molecule has 26 heavy (non-hydrogen) atoms. The third-order valence-corrected chi connectivity index (χ3v) is 5.19. The highest BCUT2D eigenvalue weighted by atomic mass is 16.2. The fraction of sp³-hybridized carbons (Fsp3) is 0.333. The van der Waals surface area contributed by atoms with E-state index in [1.54, 1.807) is 4.90 Å². The first-order chi connectivity index (χ1) is 12.7. The minimum Gasteiger partial charge on any atom is -0.338 e. The zero-order chi connectivity index (χ0) is 17.9. The van der Waals surface area contributed by atoms with Crippen molar-refractivity contribution in [2.75, 3.05) is 31.1 Å². The number of anilines is 1. The fourth-order valence-corrected chi connectivity index (χ4v) is 3.74. The van der Waals surface area contributed by atoms with Crippen LogP contribution >= 0.6 is 0 Å². The zero-order valence-electron chi connectivity index (χ0n) is 14.8. The molecule has 5 heteroatoms. The topological polar surface area (TPSA) is 52.7 Å². The smallest absolute Gasteiger partial charge is 0.321 e. The van der Waals surface area contributed by atoms with E-state index < -0.39 is 0 Å². The van der Waals surface area contributed by atoms with Gasteiger partial charge in [0.25, 0.3) is 5.91 Å². The van der Waals surface area contributed by atoms with Gasteiger partial charge in [-0.3, -0.25) is 9.69 Å². The van der Waals surface area contributed by atoms with Gasteiger partial charge in [-0.1, -0.05) is 30.3 Å². The van der Waals surface area contributed by atoms with Gasteiger partial charge in [0.2, 0.25) is 0 Å². The van der Waals surface area contributed by atoms with Gasteiger partial charge in [0.05, 0.1) is 0 Å². The normalized spacial score (nSPS) is 17.3. The number of nitrogens with one attached hydrogen (secondary N) is 1. The van der Waals surface area contributed by atoms with Crippen LogP contribution in [0.3, 0.4) is 0 Å². The summed E-state index contributed by atoms with van der Waals surface area (Å²) in [7, 11) is 0. The molecule has 2 aliphatic heterocycles. The lowest BCUT2D eigenvalue weighted by Gasteiger charge is -2.28. The van der Waals surface area contributed by atoms with Gasteiger partial charge in [-0.2, -0.15) is 0 Å². The molecule has 2 aromatic rings. The average Bonchev–Trinajstić information content (AvgIpc) is 2.91. The van der Waals surface area contributed by atoms with Crippen molar-refractivity contribution in [1.82, 2.24) is 10.2 Å². The Morgan fingerprint density at radius 2 is 1.65 bits per heavy atom. The number of carbonyl (C=O) groups is 2. The second kappa shape index (κ2) is 7.20. The molecule has 1 saturated heterocycles. The number of amides is 3. The van der Waals surface area contributed by atoms with Crippen LogP contribution in [-0.4, -0.2) is 43.0 Å². The molecular weight excluding hydrogens is 326 g/mol. The van der Waals surface area contributed by atoms with E-state index in [0.717, 1.165) is 38.0 Å². The number of rotatable bonds is 2. The molecule has 0 aliphatic carbocycles. The number of nitrogens with zero attached hydrogens (tertiary/aromatic N) is 2. The molecule has 0 saturated carbocycles. The Hall–Kier alpha value is -2.82. The van der Waals surface area contributed by atoms with E-state index in [4.69, 9.17) is 0 Å². The first kappa shape index (κ1) is 16.6. The second-order valence-corrected chi connectivity index (χ2v) is 6.85. The quantitative estimate of drug-likeness (QED) is 0.906. The van der Waals surface area contributed by atoms with Gasteiger partial charge in [-0.05, 0) is 48.6 Å². The second-order valence-electron chi connectivity index (χ2n) is 6.85. The number of urea groups is 1. The summed E-state index contributed by atoms with van der Waals surface area (Å²) in [4.78, 5) is 28.7. The summed E-state index contributed by atoms with van der Waals surface area (Å²) in [5.41, 5.74) is 4.10. The Bertz CT molecular complexity index is 807. The van der Waals surface area contributed by atoms with Crippen molar-refractivity contribution in [3.8, 4) is 0 Å². The van der Waals surface area contributed by atoms with E-state index in [-0.39, 0.29) is 11.9 Å². The summed E-state index contributed by atoms with van der Waals surface area (Å²) in [5.74, 6) is 0.0390. The Labute approximate surface area is 153 Å². The van der Waals surface area contributed by atoms with Crippen molar-refractivity contribution in [3.05, 3.63) is 65.2 Å². The highest BCUT2D eigenvalue weighted by molar-refractivity contribution is 5.98. The molecule has 1 fully saturated rings. The molecule has 0 bridgehead atoms. The third kappa shape index (κ3) is 3.29. The third-order valence-electron chi connectivity index (χ3n) is 5.19. The van der Waals surface area contributed by atoms with Gasteiger partial charge in [0.1, 0.15) is 0 Å². The monoisotopic (exact) mass is 349 g/mol. The predicted molar refractivity (Wildman–Crippen MR) is 102 cm³/mol. The van der Waals surface area contributed by atoms with Crippen LogP contribution < -0.4 is 10.2 Å². The Kier molecular flexibility index (Phi) is 4.61. The number of benzene rings is 2. The molecule has 5 nitrogen and oxygen atoms in total. The summed E-state index contributed by atoms with van der Waals surface area (Å²) in [6.07, 6.45) is 2.68. The minimum atomic E-state index is -0.0916. The molecule has 134 valence electrons. The molecule has 0 unspecified atom stereocenters. The van der Waals surface area contributed by atoms with E-state index in [1.807, 2.05) is 29.2 Å². The van der Waals surface area contributed by atoms with Crippen LogP contribution in [0.2, 0.25) is 0 Å². The lowest BCUT2D eigenvalue weighted by atomic mass is 10.0. The van der Waals surface area contributed by atoms with Gasteiger partial charge in [0, 0.05) is 37.4 Å².